The maximum absolute atomic E-state index is 13.7. The third-order valence-corrected chi connectivity index (χ3v) is 9.07. The van der Waals surface area contributed by atoms with Crippen LogP contribution in [0.1, 0.15) is 44.2 Å². The second kappa shape index (κ2) is 20.0. The van der Waals surface area contributed by atoms with E-state index in [9.17, 15) is 43.8 Å². The fourth-order valence-corrected chi connectivity index (χ4v) is 6.00. The van der Waals surface area contributed by atoms with E-state index in [0.717, 1.165) is 17.3 Å². The first-order chi connectivity index (χ1) is 24.3. The second-order valence-electron chi connectivity index (χ2n) is 12.7. The van der Waals surface area contributed by atoms with Gasteiger partial charge in [-0.25, -0.2) is 0 Å². The zero-order chi connectivity index (χ0) is 37.5. The summed E-state index contributed by atoms with van der Waals surface area (Å²) in [7, 11) is 0. The summed E-state index contributed by atoms with van der Waals surface area (Å²) in [4.78, 5) is 89.5. The highest BCUT2D eigenvalue weighted by Gasteiger charge is 2.48. The van der Waals surface area contributed by atoms with Gasteiger partial charge in [-0.2, -0.15) is 0 Å². The predicted octanol–water partition coefficient (Wildman–Crippen LogP) is -1.13. The van der Waals surface area contributed by atoms with E-state index in [4.69, 9.17) is 5.73 Å². The molecule has 0 aromatic heterocycles. The van der Waals surface area contributed by atoms with Gasteiger partial charge in [-0.15, -0.1) is 0 Å². The van der Waals surface area contributed by atoms with Gasteiger partial charge in [-0.05, 0) is 60.2 Å². The Kier molecular flexibility index (Phi) is 15.9. The quantitative estimate of drug-likeness (QED) is 0.0333. The molecule has 0 radical (unpaired) electrons. The first kappa shape index (κ1) is 40.5. The summed E-state index contributed by atoms with van der Waals surface area (Å²) in [5, 5.41) is 31.7. The van der Waals surface area contributed by atoms with Gasteiger partial charge in [0.2, 0.25) is 29.5 Å². The lowest BCUT2D eigenvalue weighted by Crippen LogP contribution is -2.60. The number of amides is 5. The van der Waals surface area contributed by atoms with Crippen LogP contribution >= 0.6 is 0 Å². The number of phenols is 1. The van der Waals surface area contributed by atoms with Gasteiger partial charge in [0.05, 0.1) is 12.6 Å². The number of carboxylic acid groups (broad SMARTS) is 1. The van der Waals surface area contributed by atoms with Crippen molar-refractivity contribution in [3.8, 4) is 5.75 Å². The first-order valence-electron chi connectivity index (χ1n) is 16.7. The van der Waals surface area contributed by atoms with Crippen molar-refractivity contribution in [3.05, 3.63) is 65.7 Å². The largest absolute Gasteiger partial charge is 0.508 e. The number of aldehydes is 1. The molecule has 6 atom stereocenters. The van der Waals surface area contributed by atoms with Crippen LogP contribution in [0.5, 0.6) is 5.75 Å². The molecule has 1 heterocycles. The average Bonchev–Trinajstić information content (AvgIpc) is 3.94. The number of benzene rings is 2. The van der Waals surface area contributed by atoms with Gasteiger partial charge in [-0.3, -0.25) is 28.8 Å². The molecule has 0 spiro atoms. The molecule has 2 aromatic rings. The zero-order valence-corrected chi connectivity index (χ0v) is 29.4. The van der Waals surface area contributed by atoms with Crippen LogP contribution in [0.4, 0.5) is 0 Å². The van der Waals surface area contributed by atoms with Crippen LogP contribution in [-0.2, 0) is 58.2 Å². The van der Waals surface area contributed by atoms with Crippen molar-refractivity contribution in [3.63, 3.8) is 0 Å². The lowest BCUT2D eigenvalue weighted by Gasteiger charge is -2.26. The molecule has 2 aromatic carbocycles. The molecule has 0 bridgehead atoms. The first-order valence-corrected chi connectivity index (χ1v) is 17.8. The van der Waals surface area contributed by atoms with E-state index < -0.39 is 72.1 Å². The van der Waals surface area contributed by atoms with E-state index in [1.807, 2.05) is 19.9 Å². The number of nitrogens with one attached hydrogen (secondary N) is 5. The highest BCUT2D eigenvalue weighted by molar-refractivity contribution is 7.86. The Bertz CT molecular complexity index is 1520. The van der Waals surface area contributed by atoms with Crippen molar-refractivity contribution in [1.29, 1.82) is 0 Å². The summed E-state index contributed by atoms with van der Waals surface area (Å²) < 4.78 is 0. The van der Waals surface area contributed by atoms with E-state index in [1.165, 1.54) is 12.1 Å². The lowest BCUT2D eigenvalue weighted by atomic mass is 10.0. The van der Waals surface area contributed by atoms with Crippen LogP contribution < -0.4 is 32.3 Å². The third-order valence-electron chi connectivity index (χ3n) is 7.98. The van der Waals surface area contributed by atoms with Crippen LogP contribution in [0.15, 0.2) is 54.6 Å². The number of carboxylic acids is 1. The van der Waals surface area contributed by atoms with Crippen molar-refractivity contribution in [2.45, 2.75) is 81.4 Å². The van der Waals surface area contributed by atoms with E-state index in [-0.39, 0.29) is 49.1 Å². The van der Waals surface area contributed by atoms with Crippen molar-refractivity contribution in [2.24, 2.45) is 11.7 Å². The van der Waals surface area contributed by atoms with Crippen molar-refractivity contribution in [1.82, 2.24) is 26.6 Å². The number of aromatic hydroxyl groups is 1. The summed E-state index contributed by atoms with van der Waals surface area (Å²) in [6, 6.07) is 9.43. The lowest BCUT2D eigenvalue weighted by molar-refractivity contribution is -0.138. The Morgan fingerprint density at radius 3 is 1.96 bits per heavy atom. The van der Waals surface area contributed by atoms with E-state index in [2.05, 4.69) is 26.6 Å². The number of aliphatic carboxylic acids is 1. The van der Waals surface area contributed by atoms with Gasteiger partial charge in [-0.1, -0.05) is 56.3 Å². The molecule has 1 saturated heterocycles. The van der Waals surface area contributed by atoms with Gasteiger partial charge in [0.25, 0.3) is 0 Å². The molecule has 16 heteroatoms. The minimum atomic E-state index is -1.35. The number of thiol groups is 1. The molecule has 15 nitrogen and oxygen atoms in total. The summed E-state index contributed by atoms with van der Waals surface area (Å²) in [6.07, 6.45) is 0.190. The number of phenolic OH excluding ortho intramolecular Hbond substituents is 1. The van der Waals surface area contributed by atoms with Crippen molar-refractivity contribution < 1.29 is 43.8 Å². The van der Waals surface area contributed by atoms with Crippen LogP contribution in [0, 0.1) is 5.92 Å². The van der Waals surface area contributed by atoms with Crippen molar-refractivity contribution >= 4 is 53.6 Å². The topological polar surface area (TPSA) is 246 Å². The molecule has 51 heavy (non-hydrogen) atoms. The molecule has 1 unspecified atom stereocenters. The fourth-order valence-electron chi connectivity index (χ4n) is 5.25. The molecule has 1 aliphatic heterocycles. The van der Waals surface area contributed by atoms with Crippen molar-refractivity contribution in [2.75, 3.05) is 12.3 Å². The average molecular weight is 728 g/mol. The highest BCUT2D eigenvalue weighted by Crippen LogP contribution is 2.18. The number of rotatable bonds is 21. The molecule has 0 saturated carbocycles. The summed E-state index contributed by atoms with van der Waals surface area (Å²) in [6.45, 7) is 3.37. The number of hydrogen-bond acceptors (Lipinski definition) is 9. The van der Waals surface area contributed by atoms with E-state index in [1.54, 1.807) is 36.4 Å². The van der Waals surface area contributed by atoms with Crippen LogP contribution in [0.25, 0.3) is 0 Å². The molecule has 0 aliphatic carbocycles. The summed E-state index contributed by atoms with van der Waals surface area (Å²) in [5.74, 6) is -3.99. The normalized spacial score (nSPS) is 16.4. The molecular weight excluding hydrogens is 680 g/mol. The molecule has 3 rings (SSSR count). The van der Waals surface area contributed by atoms with Crippen LogP contribution in [-0.4, -0.2) is 99.8 Å². The van der Waals surface area contributed by atoms with E-state index >= 15 is 0 Å². The second-order valence-corrected chi connectivity index (χ2v) is 14.1. The smallest absolute Gasteiger partial charge is 0.303 e. The Morgan fingerprint density at radius 2 is 1.39 bits per heavy atom. The minimum absolute atomic E-state index is 0.0275. The maximum Gasteiger partial charge on any atom is 0.303 e. The SMILES string of the molecule is CC(C)C[C@H](NC(=O)[C@H](Cc1ccccc1)NC(=O)CN)C(=O)NC(C(=O)N[C@@H](CCC(=O)O)C(=O)N[C@H](C=O)Cc1ccc(O)cc1)[C@@H]1C[SH+]1. The molecule has 276 valence electrons. The van der Waals surface area contributed by atoms with E-state index in [0.29, 0.717) is 17.6 Å². The Morgan fingerprint density at radius 1 is 0.804 bits per heavy atom. The summed E-state index contributed by atoms with van der Waals surface area (Å²) in [5.41, 5.74) is 6.89. The number of carbonyl (C=O) groups is 7. The number of nitrogens with two attached hydrogens (primary N) is 1. The third kappa shape index (κ3) is 14.1. The van der Waals surface area contributed by atoms with Crippen LogP contribution in [0.2, 0.25) is 0 Å². The van der Waals surface area contributed by atoms with Crippen LogP contribution in [0.3, 0.4) is 0 Å². The predicted molar refractivity (Wildman–Crippen MR) is 190 cm³/mol. The Hall–Kier alpha value is -4.96. The standard InChI is InChI=1S/C35H46N6O9S/c1-20(2)14-26(40-33(48)27(38-29(44)17-36)16-21-6-4-3-5-7-21)34(49)41-31(28-19-51-28)35(50)39-25(12-13-30(45)46)32(47)37-23(18-42)15-22-8-10-24(43)11-9-22/h3-11,18,20,23,25-28,31,43H,12-17,19,36H2,1-2H3,(H,37,47)(H,38,44)(H,39,50)(H,40,48)(H,41,49)(H,45,46)/p+1/t23-,25-,26-,27-,28-,31?/m0/s1. The zero-order valence-electron chi connectivity index (χ0n) is 28.5. The Balaban J connectivity index is 1.74. The van der Waals surface area contributed by atoms with Gasteiger partial charge in [0.1, 0.15) is 30.2 Å². The molecule has 1 fully saturated rings. The molecule has 5 amide bonds. The van der Waals surface area contributed by atoms with Gasteiger partial charge >= 0.3 is 5.97 Å². The number of hydrogen-bond donors (Lipinski definition) is 8. The molecular formula is C35H47N6O9S+. The minimum Gasteiger partial charge on any atom is -0.508 e. The number of carbonyl (C=O) groups excluding carboxylic acids is 6. The molecule has 1 aliphatic rings. The fraction of sp³-hybridized carbons (Fsp3) is 0.457. The maximum atomic E-state index is 13.7. The van der Waals surface area contributed by atoms with Gasteiger partial charge in [0.15, 0.2) is 17.0 Å². The monoisotopic (exact) mass is 727 g/mol. The molecule has 9 N–H and O–H groups in total. The van der Waals surface area contributed by atoms with Gasteiger partial charge in [0, 0.05) is 12.8 Å². The summed E-state index contributed by atoms with van der Waals surface area (Å²) >= 11 is 0.868. The van der Waals surface area contributed by atoms with Gasteiger partial charge < -0.3 is 47.3 Å². The highest BCUT2D eigenvalue weighted by atomic mass is 32.2. The Labute approximate surface area is 300 Å².